The second-order valence-corrected chi connectivity index (χ2v) is 3.44. The van der Waals surface area contributed by atoms with Gasteiger partial charge in [-0.25, -0.2) is 9.82 Å². The number of rotatable bonds is 3. The normalized spacial score (nSPS) is 12.4. The summed E-state index contributed by atoms with van der Waals surface area (Å²) in [6.45, 7) is 0. The number of nitrogens with one attached hydrogen (secondary N) is 1. The summed E-state index contributed by atoms with van der Waals surface area (Å²) >= 11 is 0. The number of halogens is 1. The van der Waals surface area contributed by atoms with Crippen LogP contribution in [0.15, 0.2) is 48.8 Å². The van der Waals surface area contributed by atoms with Crippen LogP contribution < -0.4 is 11.3 Å². The molecule has 82 valence electrons. The smallest absolute Gasteiger partial charge is 0.123 e. The number of nitrogens with zero attached hydrogens (tertiary/aromatic N) is 1. The molecule has 0 fully saturated rings. The van der Waals surface area contributed by atoms with Gasteiger partial charge in [0.1, 0.15) is 5.82 Å². The summed E-state index contributed by atoms with van der Waals surface area (Å²) < 4.78 is 13.1. The molecule has 0 aliphatic heterocycles. The van der Waals surface area contributed by atoms with Crippen molar-refractivity contribution in [2.24, 2.45) is 5.84 Å². The maximum atomic E-state index is 13.1. The highest BCUT2D eigenvalue weighted by molar-refractivity contribution is 5.30. The van der Waals surface area contributed by atoms with E-state index in [9.17, 15) is 4.39 Å². The minimum absolute atomic E-state index is 0.246. The van der Waals surface area contributed by atoms with Crippen LogP contribution in [0.5, 0.6) is 0 Å². The van der Waals surface area contributed by atoms with Gasteiger partial charge >= 0.3 is 0 Å². The van der Waals surface area contributed by atoms with Crippen LogP contribution in [0, 0.1) is 5.82 Å². The Bertz CT molecular complexity index is 459. The highest BCUT2D eigenvalue weighted by atomic mass is 19.1. The molecule has 2 rings (SSSR count). The van der Waals surface area contributed by atoms with E-state index in [1.807, 2.05) is 18.2 Å². The predicted molar refractivity (Wildman–Crippen MR) is 59.8 cm³/mol. The Morgan fingerprint density at radius 1 is 1.19 bits per heavy atom. The third-order valence-corrected chi connectivity index (χ3v) is 2.37. The monoisotopic (exact) mass is 217 g/mol. The summed E-state index contributed by atoms with van der Waals surface area (Å²) in [5, 5.41) is 0. The highest BCUT2D eigenvalue weighted by Gasteiger charge is 2.12. The van der Waals surface area contributed by atoms with Crippen molar-refractivity contribution in [1.82, 2.24) is 10.4 Å². The van der Waals surface area contributed by atoms with E-state index in [1.54, 1.807) is 18.5 Å². The zero-order valence-corrected chi connectivity index (χ0v) is 8.60. The van der Waals surface area contributed by atoms with E-state index in [0.29, 0.717) is 0 Å². The van der Waals surface area contributed by atoms with Gasteiger partial charge in [-0.2, -0.15) is 0 Å². The number of nitrogens with two attached hydrogens (primary N) is 1. The fourth-order valence-corrected chi connectivity index (χ4v) is 1.62. The van der Waals surface area contributed by atoms with Crippen molar-refractivity contribution in [3.8, 4) is 0 Å². The molecule has 16 heavy (non-hydrogen) atoms. The number of hydrogen-bond donors (Lipinski definition) is 2. The average Bonchev–Trinajstić information content (AvgIpc) is 2.31. The minimum Gasteiger partial charge on any atom is -0.271 e. The fraction of sp³-hybridized carbons (Fsp3) is 0.0833. The minimum atomic E-state index is -0.276. The third-order valence-electron chi connectivity index (χ3n) is 2.37. The van der Waals surface area contributed by atoms with Gasteiger partial charge in [-0.3, -0.25) is 10.8 Å². The molecule has 0 bridgehead atoms. The average molecular weight is 217 g/mol. The summed E-state index contributed by atoms with van der Waals surface area (Å²) in [6.07, 6.45) is 3.39. The Hall–Kier alpha value is -1.78. The molecule has 3 N–H and O–H groups in total. The Labute approximate surface area is 93.1 Å². The first-order valence-electron chi connectivity index (χ1n) is 4.93. The quantitative estimate of drug-likeness (QED) is 0.608. The van der Waals surface area contributed by atoms with E-state index >= 15 is 0 Å². The lowest BCUT2D eigenvalue weighted by atomic mass is 10.0. The van der Waals surface area contributed by atoms with Gasteiger partial charge in [0.05, 0.1) is 6.04 Å². The predicted octanol–water partition coefficient (Wildman–Crippen LogP) is 1.77. The first kappa shape index (κ1) is 10.7. The number of hydrogen-bond acceptors (Lipinski definition) is 3. The van der Waals surface area contributed by atoms with Gasteiger partial charge in [-0.15, -0.1) is 0 Å². The van der Waals surface area contributed by atoms with Gasteiger partial charge in [0.25, 0.3) is 0 Å². The standard InChI is InChI=1S/C12H12FN3/c13-11-5-1-3-9(7-11)12(16-14)10-4-2-6-15-8-10/h1-8,12,16H,14H2. The van der Waals surface area contributed by atoms with Gasteiger partial charge in [-0.1, -0.05) is 18.2 Å². The molecule has 3 nitrogen and oxygen atoms in total. The van der Waals surface area contributed by atoms with E-state index < -0.39 is 0 Å². The fourth-order valence-electron chi connectivity index (χ4n) is 1.62. The molecule has 0 radical (unpaired) electrons. The van der Waals surface area contributed by atoms with Crippen LogP contribution in [0.4, 0.5) is 4.39 Å². The summed E-state index contributed by atoms with van der Waals surface area (Å²) in [4.78, 5) is 4.01. The van der Waals surface area contributed by atoms with Crippen molar-refractivity contribution >= 4 is 0 Å². The number of hydrazine groups is 1. The Morgan fingerprint density at radius 2 is 2.00 bits per heavy atom. The molecule has 2 aromatic rings. The molecule has 4 heteroatoms. The van der Waals surface area contributed by atoms with Crippen LogP contribution in [-0.2, 0) is 0 Å². The molecule has 1 heterocycles. The topological polar surface area (TPSA) is 50.9 Å². The molecule has 0 saturated carbocycles. The number of pyridine rings is 1. The molecule has 1 unspecified atom stereocenters. The van der Waals surface area contributed by atoms with Gasteiger partial charge in [-0.05, 0) is 29.3 Å². The Morgan fingerprint density at radius 3 is 2.62 bits per heavy atom. The van der Waals surface area contributed by atoms with E-state index in [4.69, 9.17) is 5.84 Å². The molecule has 1 aromatic carbocycles. The lowest BCUT2D eigenvalue weighted by Gasteiger charge is -2.16. The molecule has 1 atom stereocenters. The van der Waals surface area contributed by atoms with Crippen LogP contribution in [-0.4, -0.2) is 4.98 Å². The van der Waals surface area contributed by atoms with E-state index in [-0.39, 0.29) is 11.9 Å². The van der Waals surface area contributed by atoms with Gasteiger partial charge in [0.15, 0.2) is 0 Å². The van der Waals surface area contributed by atoms with Crippen molar-refractivity contribution < 1.29 is 4.39 Å². The largest absolute Gasteiger partial charge is 0.271 e. The van der Waals surface area contributed by atoms with Crippen molar-refractivity contribution in [2.45, 2.75) is 6.04 Å². The summed E-state index contributed by atoms with van der Waals surface area (Å²) in [5.74, 6) is 5.21. The Balaban J connectivity index is 2.37. The molecule has 0 spiro atoms. The molecule has 0 aliphatic rings. The molecular formula is C12H12FN3. The van der Waals surface area contributed by atoms with Crippen molar-refractivity contribution in [1.29, 1.82) is 0 Å². The maximum absolute atomic E-state index is 13.1. The molecular weight excluding hydrogens is 205 g/mol. The van der Waals surface area contributed by atoms with Crippen LogP contribution in [0.2, 0.25) is 0 Å². The molecule has 0 aliphatic carbocycles. The van der Waals surface area contributed by atoms with Crippen molar-refractivity contribution in [3.05, 3.63) is 65.7 Å². The van der Waals surface area contributed by atoms with Gasteiger partial charge in [0.2, 0.25) is 0 Å². The van der Waals surface area contributed by atoms with Crippen LogP contribution >= 0.6 is 0 Å². The first-order chi connectivity index (χ1) is 7.81. The van der Waals surface area contributed by atoms with E-state index in [2.05, 4.69) is 10.4 Å². The van der Waals surface area contributed by atoms with Crippen molar-refractivity contribution in [3.63, 3.8) is 0 Å². The van der Waals surface area contributed by atoms with E-state index in [1.165, 1.54) is 12.1 Å². The Kier molecular flexibility index (Phi) is 3.24. The van der Waals surface area contributed by atoms with Crippen LogP contribution in [0.3, 0.4) is 0 Å². The summed E-state index contributed by atoms with van der Waals surface area (Å²) in [5.41, 5.74) is 4.33. The molecule has 0 amide bonds. The second-order valence-electron chi connectivity index (χ2n) is 3.44. The van der Waals surface area contributed by atoms with E-state index in [0.717, 1.165) is 11.1 Å². The lowest BCUT2D eigenvalue weighted by molar-refractivity contribution is 0.604. The van der Waals surface area contributed by atoms with Gasteiger partial charge < -0.3 is 0 Å². The number of aromatic nitrogens is 1. The third kappa shape index (κ3) is 2.24. The number of benzene rings is 1. The zero-order valence-electron chi connectivity index (χ0n) is 8.60. The SMILES string of the molecule is NNC(c1cccnc1)c1cccc(F)c1. The first-order valence-corrected chi connectivity index (χ1v) is 4.93. The van der Waals surface area contributed by atoms with Crippen molar-refractivity contribution in [2.75, 3.05) is 0 Å². The highest BCUT2D eigenvalue weighted by Crippen LogP contribution is 2.20. The van der Waals surface area contributed by atoms with Crippen LogP contribution in [0.25, 0.3) is 0 Å². The molecule has 1 aromatic heterocycles. The summed E-state index contributed by atoms with van der Waals surface area (Å²) in [7, 11) is 0. The molecule has 0 saturated heterocycles. The second kappa shape index (κ2) is 4.83. The zero-order chi connectivity index (χ0) is 11.4. The van der Waals surface area contributed by atoms with Gasteiger partial charge in [0, 0.05) is 12.4 Å². The lowest BCUT2D eigenvalue weighted by Crippen LogP contribution is -2.28. The van der Waals surface area contributed by atoms with Crippen LogP contribution in [0.1, 0.15) is 17.2 Å². The maximum Gasteiger partial charge on any atom is 0.123 e. The summed E-state index contributed by atoms with van der Waals surface area (Å²) in [6, 6.07) is 9.80.